The van der Waals surface area contributed by atoms with Gasteiger partial charge in [-0.15, -0.1) is 0 Å². The number of H-pyrrole nitrogens is 2. The van der Waals surface area contributed by atoms with Gasteiger partial charge < -0.3 is 15.8 Å². The van der Waals surface area contributed by atoms with Gasteiger partial charge in [-0.2, -0.15) is 0 Å². The number of carbonyl (C=O) groups is 1. The largest absolute Gasteiger partial charge is 0.383 e. The van der Waals surface area contributed by atoms with Crippen molar-refractivity contribution in [2.45, 2.75) is 6.04 Å². The Bertz CT molecular complexity index is 630. The highest BCUT2D eigenvalue weighted by Crippen LogP contribution is 2.18. The molecule has 1 unspecified atom stereocenters. The van der Waals surface area contributed by atoms with E-state index in [0.29, 0.717) is 11.4 Å². The van der Waals surface area contributed by atoms with E-state index in [1.165, 1.54) is 13.2 Å². The topological polar surface area (TPSA) is 113 Å². The summed E-state index contributed by atoms with van der Waals surface area (Å²) >= 11 is 0. The molecular weight excluding hydrogens is 260 g/mol. The maximum Gasteiger partial charge on any atom is 0.264 e. The summed E-state index contributed by atoms with van der Waals surface area (Å²) in [4.78, 5) is 22.7. The summed E-state index contributed by atoms with van der Waals surface area (Å²) in [5.41, 5.74) is 7.57. The zero-order valence-electron chi connectivity index (χ0n) is 11.0. The standard InChI is InChI=1S/C13H16N4O3/c1-20-7-10(14)13(19)15-9-4-2-8(3-5-9)11-6-12(18)17-16-11/h2-6,10H,7,14H2,1H3,(H,15,19)(H2,16,17,18). The van der Waals surface area contributed by atoms with Gasteiger partial charge in [-0.3, -0.25) is 19.8 Å². The smallest absolute Gasteiger partial charge is 0.264 e. The highest BCUT2D eigenvalue weighted by molar-refractivity contribution is 5.94. The lowest BCUT2D eigenvalue weighted by molar-refractivity contribution is -0.118. The van der Waals surface area contributed by atoms with Crippen LogP contribution in [0.3, 0.4) is 0 Å². The summed E-state index contributed by atoms with van der Waals surface area (Å²) in [6.45, 7) is 0.161. The van der Waals surface area contributed by atoms with Crippen molar-refractivity contribution >= 4 is 11.6 Å². The van der Waals surface area contributed by atoms with Crippen molar-refractivity contribution in [3.63, 3.8) is 0 Å². The molecule has 106 valence electrons. The van der Waals surface area contributed by atoms with E-state index in [0.717, 1.165) is 5.56 Å². The van der Waals surface area contributed by atoms with Gasteiger partial charge in [-0.25, -0.2) is 0 Å². The van der Waals surface area contributed by atoms with Crippen molar-refractivity contribution in [3.8, 4) is 11.3 Å². The first-order chi connectivity index (χ1) is 9.60. The Balaban J connectivity index is 2.05. The van der Waals surface area contributed by atoms with Crippen molar-refractivity contribution in [3.05, 3.63) is 40.7 Å². The molecule has 20 heavy (non-hydrogen) atoms. The molecule has 7 heteroatoms. The summed E-state index contributed by atoms with van der Waals surface area (Å²) < 4.78 is 4.82. The van der Waals surface area contributed by atoms with E-state index in [9.17, 15) is 9.59 Å². The van der Waals surface area contributed by atoms with Gasteiger partial charge in [0.2, 0.25) is 5.91 Å². The molecule has 1 atom stereocenters. The number of hydrogen-bond acceptors (Lipinski definition) is 4. The van der Waals surface area contributed by atoms with Gasteiger partial charge in [-0.05, 0) is 17.7 Å². The Hall–Kier alpha value is -2.38. The van der Waals surface area contributed by atoms with Crippen LogP contribution in [0.4, 0.5) is 5.69 Å². The van der Waals surface area contributed by atoms with Gasteiger partial charge in [0.05, 0.1) is 12.3 Å². The number of hydrogen-bond donors (Lipinski definition) is 4. The van der Waals surface area contributed by atoms with Crippen LogP contribution in [0.15, 0.2) is 35.1 Å². The van der Waals surface area contributed by atoms with E-state index in [2.05, 4.69) is 15.5 Å². The summed E-state index contributed by atoms with van der Waals surface area (Å²) in [5.74, 6) is -0.311. The molecule has 0 saturated carbocycles. The molecule has 1 aromatic carbocycles. The third-order valence-corrected chi connectivity index (χ3v) is 2.74. The quantitative estimate of drug-likeness (QED) is 0.628. The van der Waals surface area contributed by atoms with Crippen LogP contribution in [-0.2, 0) is 9.53 Å². The third kappa shape index (κ3) is 3.34. The maximum atomic E-state index is 11.7. The molecule has 0 radical (unpaired) electrons. The number of aromatic amines is 2. The number of ether oxygens (including phenoxy) is 1. The van der Waals surface area contributed by atoms with Crippen LogP contribution >= 0.6 is 0 Å². The number of nitrogens with two attached hydrogens (primary N) is 1. The lowest BCUT2D eigenvalue weighted by Gasteiger charge is -2.11. The molecule has 2 rings (SSSR count). The number of rotatable bonds is 5. The Morgan fingerprint density at radius 1 is 1.35 bits per heavy atom. The highest BCUT2D eigenvalue weighted by Gasteiger charge is 2.13. The summed E-state index contributed by atoms with van der Waals surface area (Å²) in [7, 11) is 1.49. The molecule has 0 bridgehead atoms. The lowest BCUT2D eigenvalue weighted by atomic mass is 10.1. The molecule has 0 fully saturated rings. The average molecular weight is 276 g/mol. The number of methoxy groups -OCH3 is 1. The van der Waals surface area contributed by atoms with Crippen LogP contribution in [0.1, 0.15) is 0 Å². The number of carbonyl (C=O) groups excluding carboxylic acids is 1. The number of nitrogens with one attached hydrogen (secondary N) is 3. The summed E-state index contributed by atoms with van der Waals surface area (Å²) in [5, 5.41) is 7.90. The minimum Gasteiger partial charge on any atom is -0.383 e. The third-order valence-electron chi connectivity index (χ3n) is 2.74. The fourth-order valence-electron chi connectivity index (χ4n) is 1.71. The van der Waals surface area contributed by atoms with E-state index in [1.807, 2.05) is 0 Å². The predicted molar refractivity (Wildman–Crippen MR) is 75.3 cm³/mol. The van der Waals surface area contributed by atoms with Crippen LogP contribution in [0.2, 0.25) is 0 Å². The van der Waals surface area contributed by atoms with Gasteiger partial charge in [0, 0.05) is 18.9 Å². The average Bonchev–Trinajstić information content (AvgIpc) is 2.86. The molecule has 7 nitrogen and oxygen atoms in total. The monoisotopic (exact) mass is 276 g/mol. The zero-order valence-corrected chi connectivity index (χ0v) is 11.0. The Morgan fingerprint density at radius 3 is 2.60 bits per heavy atom. The molecule has 2 aromatic rings. The fourth-order valence-corrected chi connectivity index (χ4v) is 1.71. The summed E-state index contributed by atoms with van der Waals surface area (Å²) in [6, 6.07) is 7.80. The molecule has 1 amide bonds. The molecule has 1 aromatic heterocycles. The van der Waals surface area contributed by atoms with Crippen LogP contribution in [0.5, 0.6) is 0 Å². The van der Waals surface area contributed by atoms with Gasteiger partial charge in [0.1, 0.15) is 6.04 Å². The molecule has 5 N–H and O–H groups in total. The molecule has 0 saturated heterocycles. The Morgan fingerprint density at radius 2 is 2.05 bits per heavy atom. The Kier molecular flexibility index (Phi) is 4.34. The van der Waals surface area contributed by atoms with E-state index >= 15 is 0 Å². The normalized spacial score (nSPS) is 12.1. The molecule has 0 spiro atoms. The number of amides is 1. The van der Waals surface area contributed by atoms with Crippen LogP contribution in [0.25, 0.3) is 11.3 Å². The second-order valence-electron chi connectivity index (χ2n) is 4.30. The minimum atomic E-state index is -0.708. The minimum absolute atomic E-state index is 0.161. The Labute approximate surface area is 115 Å². The zero-order chi connectivity index (χ0) is 14.5. The summed E-state index contributed by atoms with van der Waals surface area (Å²) in [6.07, 6.45) is 0. The highest BCUT2D eigenvalue weighted by atomic mass is 16.5. The molecule has 0 aliphatic rings. The molecular formula is C13H16N4O3. The van der Waals surface area contributed by atoms with Gasteiger partial charge in [-0.1, -0.05) is 12.1 Å². The van der Waals surface area contributed by atoms with Crippen molar-refractivity contribution in [1.29, 1.82) is 0 Å². The number of anilines is 1. The van der Waals surface area contributed by atoms with E-state index in [4.69, 9.17) is 10.5 Å². The van der Waals surface area contributed by atoms with Gasteiger partial charge in [0.25, 0.3) is 5.56 Å². The second-order valence-corrected chi connectivity index (χ2v) is 4.30. The molecule has 0 aliphatic heterocycles. The van der Waals surface area contributed by atoms with Crippen molar-refractivity contribution < 1.29 is 9.53 Å². The maximum absolute atomic E-state index is 11.7. The first kappa shape index (κ1) is 14.0. The second kappa shape index (κ2) is 6.18. The lowest BCUT2D eigenvalue weighted by Crippen LogP contribution is -2.39. The van der Waals surface area contributed by atoms with E-state index in [1.54, 1.807) is 24.3 Å². The molecule has 1 heterocycles. The van der Waals surface area contributed by atoms with Crippen molar-refractivity contribution in [1.82, 2.24) is 10.2 Å². The molecule has 0 aliphatic carbocycles. The van der Waals surface area contributed by atoms with Crippen LogP contribution < -0.4 is 16.6 Å². The SMILES string of the molecule is COCC(N)C(=O)Nc1ccc(-c2cc(=O)[nH][nH]2)cc1. The fraction of sp³-hybridized carbons (Fsp3) is 0.231. The predicted octanol–water partition coefficient (Wildman–Crippen LogP) is 0.282. The van der Waals surface area contributed by atoms with Crippen LogP contribution in [-0.4, -0.2) is 35.9 Å². The van der Waals surface area contributed by atoms with E-state index < -0.39 is 6.04 Å². The van der Waals surface area contributed by atoms with Gasteiger partial charge in [0.15, 0.2) is 0 Å². The van der Waals surface area contributed by atoms with Crippen LogP contribution in [0, 0.1) is 0 Å². The van der Waals surface area contributed by atoms with Gasteiger partial charge >= 0.3 is 0 Å². The number of benzene rings is 1. The first-order valence-electron chi connectivity index (χ1n) is 6.03. The van der Waals surface area contributed by atoms with Crippen molar-refractivity contribution in [2.24, 2.45) is 5.73 Å². The number of aromatic nitrogens is 2. The van der Waals surface area contributed by atoms with Crippen molar-refractivity contribution in [2.75, 3.05) is 19.0 Å². The van der Waals surface area contributed by atoms with E-state index in [-0.39, 0.29) is 18.1 Å². The first-order valence-corrected chi connectivity index (χ1v) is 6.03.